The number of thioether (sulfide) groups is 1. The molecule has 1 rings (SSSR count). The Bertz CT molecular complexity index is 235. The smallest absolute Gasteiger partial charge is 0.0184 e. The van der Waals surface area contributed by atoms with Crippen LogP contribution in [0.3, 0.4) is 0 Å². The number of hydrogen-bond acceptors (Lipinski definition) is 2. The summed E-state index contributed by atoms with van der Waals surface area (Å²) in [4.78, 5) is 0. The highest BCUT2D eigenvalue weighted by molar-refractivity contribution is 14.1. The van der Waals surface area contributed by atoms with E-state index in [1.807, 2.05) is 11.8 Å². The third-order valence-corrected chi connectivity index (χ3v) is 3.51. The van der Waals surface area contributed by atoms with Crippen molar-refractivity contribution in [2.75, 3.05) is 12.3 Å². The minimum Gasteiger partial charge on any atom is -0.330 e. The molecular formula is C10H14INS. The van der Waals surface area contributed by atoms with Crippen molar-refractivity contribution in [3.8, 4) is 0 Å². The third kappa shape index (κ3) is 4.88. The van der Waals surface area contributed by atoms with Crippen LogP contribution in [0.2, 0.25) is 0 Å². The molecule has 0 saturated heterocycles. The Hall–Kier alpha value is 0.260. The summed E-state index contributed by atoms with van der Waals surface area (Å²) >= 11 is 4.28. The van der Waals surface area contributed by atoms with Gasteiger partial charge in [0, 0.05) is 9.32 Å². The number of nitrogens with two attached hydrogens (primary N) is 1. The van der Waals surface area contributed by atoms with Crippen molar-refractivity contribution in [3.05, 3.63) is 33.4 Å². The maximum Gasteiger partial charge on any atom is 0.0184 e. The predicted molar refractivity (Wildman–Crippen MR) is 69.0 cm³/mol. The van der Waals surface area contributed by atoms with Crippen molar-refractivity contribution in [2.45, 2.75) is 12.2 Å². The van der Waals surface area contributed by atoms with E-state index in [0.29, 0.717) is 0 Å². The zero-order valence-electron chi connectivity index (χ0n) is 7.50. The molecule has 1 aromatic rings. The van der Waals surface area contributed by atoms with Gasteiger partial charge in [-0.15, -0.1) is 0 Å². The molecule has 1 aromatic carbocycles. The van der Waals surface area contributed by atoms with E-state index < -0.39 is 0 Å². The van der Waals surface area contributed by atoms with Crippen LogP contribution < -0.4 is 5.73 Å². The maximum atomic E-state index is 5.41. The van der Waals surface area contributed by atoms with Gasteiger partial charge in [0.2, 0.25) is 0 Å². The number of benzene rings is 1. The molecule has 2 N–H and O–H groups in total. The van der Waals surface area contributed by atoms with Crippen LogP contribution in [0.25, 0.3) is 0 Å². The van der Waals surface area contributed by atoms with Gasteiger partial charge in [0.05, 0.1) is 0 Å². The minimum absolute atomic E-state index is 0.805. The van der Waals surface area contributed by atoms with E-state index in [1.165, 1.54) is 14.9 Å². The molecule has 0 aliphatic heterocycles. The number of halogens is 1. The Labute approximate surface area is 97.6 Å². The normalized spacial score (nSPS) is 10.3. The Balaban J connectivity index is 2.25. The summed E-state index contributed by atoms with van der Waals surface area (Å²) in [5.74, 6) is 2.28. The second-order valence-electron chi connectivity index (χ2n) is 2.82. The Morgan fingerprint density at radius 3 is 2.54 bits per heavy atom. The first-order valence-electron chi connectivity index (χ1n) is 4.35. The molecule has 0 aromatic heterocycles. The lowest BCUT2D eigenvalue weighted by Crippen LogP contribution is -1.99. The first-order chi connectivity index (χ1) is 6.33. The van der Waals surface area contributed by atoms with Gasteiger partial charge in [-0.3, -0.25) is 0 Å². The Morgan fingerprint density at radius 1 is 1.23 bits per heavy atom. The standard InChI is InChI=1S/C10H14INS/c11-10-4-2-9(3-5-10)8-13-7-1-6-12/h2-5H,1,6-8,12H2. The molecule has 0 bridgehead atoms. The van der Waals surface area contributed by atoms with E-state index in [2.05, 4.69) is 46.9 Å². The largest absolute Gasteiger partial charge is 0.330 e. The van der Waals surface area contributed by atoms with Crippen LogP contribution >= 0.6 is 34.4 Å². The molecule has 0 amide bonds. The van der Waals surface area contributed by atoms with Crippen molar-refractivity contribution in [2.24, 2.45) is 5.73 Å². The minimum atomic E-state index is 0.805. The van der Waals surface area contributed by atoms with E-state index in [1.54, 1.807) is 0 Å². The molecule has 0 aliphatic carbocycles. The van der Waals surface area contributed by atoms with Crippen LogP contribution in [-0.4, -0.2) is 12.3 Å². The second kappa shape index (κ2) is 6.68. The Kier molecular flexibility index (Phi) is 5.82. The first-order valence-corrected chi connectivity index (χ1v) is 6.58. The average Bonchev–Trinajstić information content (AvgIpc) is 2.15. The van der Waals surface area contributed by atoms with Crippen molar-refractivity contribution >= 4 is 34.4 Å². The topological polar surface area (TPSA) is 26.0 Å². The van der Waals surface area contributed by atoms with Gasteiger partial charge in [-0.2, -0.15) is 11.8 Å². The lowest BCUT2D eigenvalue weighted by atomic mass is 10.2. The molecular weight excluding hydrogens is 293 g/mol. The molecule has 0 unspecified atom stereocenters. The molecule has 0 radical (unpaired) electrons. The lowest BCUT2D eigenvalue weighted by molar-refractivity contribution is 0.943. The maximum absolute atomic E-state index is 5.41. The summed E-state index contributed by atoms with van der Waals surface area (Å²) in [5, 5.41) is 0. The highest BCUT2D eigenvalue weighted by Gasteiger charge is 1.93. The van der Waals surface area contributed by atoms with E-state index >= 15 is 0 Å². The number of rotatable bonds is 5. The highest BCUT2D eigenvalue weighted by Crippen LogP contribution is 2.14. The summed E-state index contributed by atoms with van der Waals surface area (Å²) in [7, 11) is 0. The summed E-state index contributed by atoms with van der Waals surface area (Å²) in [6, 6.07) is 8.69. The van der Waals surface area contributed by atoms with E-state index in [4.69, 9.17) is 5.73 Å². The summed E-state index contributed by atoms with van der Waals surface area (Å²) < 4.78 is 1.30. The fraction of sp³-hybridized carbons (Fsp3) is 0.400. The highest BCUT2D eigenvalue weighted by atomic mass is 127. The quantitative estimate of drug-likeness (QED) is 0.669. The summed E-state index contributed by atoms with van der Waals surface area (Å²) in [5.41, 5.74) is 6.82. The monoisotopic (exact) mass is 307 g/mol. The summed E-state index contributed by atoms with van der Waals surface area (Å²) in [6.07, 6.45) is 1.12. The van der Waals surface area contributed by atoms with Crippen LogP contribution in [0, 0.1) is 3.57 Å². The van der Waals surface area contributed by atoms with Crippen LogP contribution in [0.5, 0.6) is 0 Å². The molecule has 0 heterocycles. The van der Waals surface area contributed by atoms with Gasteiger partial charge in [-0.05, 0) is 59.0 Å². The summed E-state index contributed by atoms with van der Waals surface area (Å²) in [6.45, 7) is 0.805. The van der Waals surface area contributed by atoms with Crippen molar-refractivity contribution < 1.29 is 0 Å². The second-order valence-corrected chi connectivity index (χ2v) is 5.17. The van der Waals surface area contributed by atoms with Gasteiger partial charge in [0.15, 0.2) is 0 Å². The van der Waals surface area contributed by atoms with Gasteiger partial charge < -0.3 is 5.73 Å². The van der Waals surface area contributed by atoms with E-state index in [0.717, 1.165) is 18.7 Å². The average molecular weight is 307 g/mol. The number of hydrogen-bond donors (Lipinski definition) is 1. The molecule has 13 heavy (non-hydrogen) atoms. The van der Waals surface area contributed by atoms with Gasteiger partial charge >= 0.3 is 0 Å². The van der Waals surface area contributed by atoms with Gasteiger partial charge in [0.1, 0.15) is 0 Å². The fourth-order valence-corrected chi connectivity index (χ4v) is 2.26. The first kappa shape index (κ1) is 11.3. The molecule has 0 fully saturated rings. The van der Waals surface area contributed by atoms with Crippen molar-refractivity contribution in [1.29, 1.82) is 0 Å². The van der Waals surface area contributed by atoms with Crippen molar-refractivity contribution in [1.82, 2.24) is 0 Å². The predicted octanol–water partition coefficient (Wildman–Crippen LogP) is 2.87. The molecule has 0 atom stereocenters. The fourth-order valence-electron chi connectivity index (χ4n) is 0.956. The molecule has 3 heteroatoms. The molecule has 0 spiro atoms. The van der Waals surface area contributed by atoms with E-state index in [9.17, 15) is 0 Å². The zero-order chi connectivity index (χ0) is 9.52. The van der Waals surface area contributed by atoms with Crippen LogP contribution in [0.1, 0.15) is 12.0 Å². The van der Waals surface area contributed by atoms with Crippen LogP contribution in [0.15, 0.2) is 24.3 Å². The molecule has 72 valence electrons. The third-order valence-electron chi connectivity index (χ3n) is 1.67. The Morgan fingerprint density at radius 2 is 1.92 bits per heavy atom. The lowest BCUT2D eigenvalue weighted by Gasteiger charge is -2.00. The molecule has 1 nitrogen and oxygen atoms in total. The molecule has 0 aliphatic rings. The van der Waals surface area contributed by atoms with Gasteiger partial charge in [-0.25, -0.2) is 0 Å². The van der Waals surface area contributed by atoms with Gasteiger partial charge in [-0.1, -0.05) is 12.1 Å². The van der Waals surface area contributed by atoms with Crippen LogP contribution in [-0.2, 0) is 5.75 Å². The SMILES string of the molecule is NCCCSCc1ccc(I)cc1. The van der Waals surface area contributed by atoms with Crippen molar-refractivity contribution in [3.63, 3.8) is 0 Å². The van der Waals surface area contributed by atoms with Crippen LogP contribution in [0.4, 0.5) is 0 Å². The van der Waals surface area contributed by atoms with E-state index in [-0.39, 0.29) is 0 Å². The zero-order valence-corrected chi connectivity index (χ0v) is 10.5. The van der Waals surface area contributed by atoms with Gasteiger partial charge in [0.25, 0.3) is 0 Å². The molecule has 0 saturated carbocycles.